The fourth-order valence-corrected chi connectivity index (χ4v) is 3.13. The van der Waals surface area contributed by atoms with Crippen molar-refractivity contribution in [2.45, 2.75) is 12.8 Å². The molecule has 2 aromatic heterocycles. The first-order valence-electron chi connectivity index (χ1n) is 6.42. The van der Waals surface area contributed by atoms with Crippen molar-refractivity contribution in [1.29, 1.82) is 0 Å². The van der Waals surface area contributed by atoms with E-state index in [9.17, 15) is 0 Å². The number of hydrogen-bond acceptors (Lipinski definition) is 0. The molecule has 0 spiro atoms. The molecule has 0 unspecified atom stereocenters. The summed E-state index contributed by atoms with van der Waals surface area (Å²) in [4.78, 5) is 3.59. The van der Waals surface area contributed by atoms with Crippen molar-refractivity contribution in [3.8, 4) is 11.4 Å². The number of aryl methyl sites for hydroxylation is 3. The van der Waals surface area contributed by atoms with Crippen molar-refractivity contribution in [1.82, 2.24) is 4.98 Å². The van der Waals surface area contributed by atoms with E-state index in [2.05, 4.69) is 59.2 Å². The van der Waals surface area contributed by atoms with Gasteiger partial charge in [-0.25, -0.2) is 0 Å². The van der Waals surface area contributed by atoms with Crippen LogP contribution in [-0.4, -0.2) is 4.98 Å². The molecule has 0 atom stereocenters. The van der Waals surface area contributed by atoms with Crippen molar-refractivity contribution in [3.63, 3.8) is 0 Å². The van der Waals surface area contributed by atoms with Crippen molar-refractivity contribution < 1.29 is 28.5 Å². The molecule has 1 aromatic carbocycles. The number of hydrogen-bond donors (Lipinski definition) is 1. The second kappa shape index (κ2) is 4.63. The van der Waals surface area contributed by atoms with E-state index in [4.69, 9.17) is 0 Å². The lowest BCUT2D eigenvalue weighted by Gasteiger charge is -2.13. The Morgan fingerprint density at radius 2 is 1.89 bits per heavy atom. The van der Waals surface area contributed by atoms with Crippen LogP contribution in [0.1, 0.15) is 11.1 Å². The highest BCUT2D eigenvalue weighted by Gasteiger charge is 2.26. The molecule has 1 aliphatic carbocycles. The topological polar surface area (TPSA) is 19.7 Å². The molecule has 0 aliphatic heterocycles. The van der Waals surface area contributed by atoms with Gasteiger partial charge < -0.3 is 29.0 Å². The third-order valence-corrected chi connectivity index (χ3v) is 3.96. The van der Waals surface area contributed by atoms with Gasteiger partial charge in [-0.1, -0.05) is 18.2 Å². The fraction of sp³-hybridized carbons (Fsp3) is 0.188. The molecule has 2 nitrogen and oxygen atoms in total. The molecule has 0 saturated heterocycles. The van der Waals surface area contributed by atoms with Gasteiger partial charge in [-0.3, -0.25) is 0 Å². The SMILES string of the molecule is C[n+]1cccc2c1-c1[nH]c3ccccc3c1CC2.[I-]. The Kier molecular flexibility index (Phi) is 3.09. The van der Waals surface area contributed by atoms with Crippen LogP contribution in [0, 0.1) is 0 Å². The lowest BCUT2D eigenvalue weighted by molar-refractivity contribution is -0.661. The van der Waals surface area contributed by atoms with Crippen LogP contribution in [0.4, 0.5) is 0 Å². The molecule has 1 aliphatic rings. The van der Waals surface area contributed by atoms with Crippen LogP contribution in [-0.2, 0) is 19.9 Å². The van der Waals surface area contributed by atoms with E-state index >= 15 is 0 Å². The maximum atomic E-state index is 3.59. The van der Waals surface area contributed by atoms with Crippen LogP contribution in [0.3, 0.4) is 0 Å². The standard InChI is InChI=1S/C16H14N2.HI/c1-18-10-4-5-11-8-9-13-12-6-2-3-7-14(12)17-15(13)16(11)18;/h2-7,10H,8-9H2,1H3;1H. The van der Waals surface area contributed by atoms with E-state index < -0.39 is 0 Å². The molecule has 2 heterocycles. The number of pyridine rings is 1. The van der Waals surface area contributed by atoms with Gasteiger partial charge in [0.15, 0.2) is 6.20 Å². The number of aromatic amines is 1. The predicted molar refractivity (Wildman–Crippen MR) is 72.3 cm³/mol. The maximum absolute atomic E-state index is 3.59. The summed E-state index contributed by atoms with van der Waals surface area (Å²) in [5.74, 6) is 0. The lowest BCUT2D eigenvalue weighted by atomic mass is 9.92. The zero-order valence-corrected chi connectivity index (χ0v) is 12.9. The Morgan fingerprint density at radius 3 is 2.79 bits per heavy atom. The first-order chi connectivity index (χ1) is 8.84. The van der Waals surface area contributed by atoms with E-state index in [1.807, 2.05) is 0 Å². The molecule has 4 rings (SSSR count). The van der Waals surface area contributed by atoms with Crippen LogP contribution in [0.15, 0.2) is 42.6 Å². The number of nitrogens with zero attached hydrogens (tertiary/aromatic N) is 1. The number of halogens is 1. The van der Waals surface area contributed by atoms with E-state index in [0.717, 1.165) is 12.8 Å². The average Bonchev–Trinajstić information content (AvgIpc) is 2.77. The number of fused-ring (bicyclic) bond motifs is 5. The number of para-hydroxylation sites is 1. The van der Waals surface area contributed by atoms with Crippen LogP contribution in [0.25, 0.3) is 22.3 Å². The molecule has 3 heteroatoms. The highest BCUT2D eigenvalue weighted by molar-refractivity contribution is 5.90. The highest BCUT2D eigenvalue weighted by Crippen LogP contribution is 2.35. The summed E-state index contributed by atoms with van der Waals surface area (Å²) in [6, 6.07) is 13.0. The van der Waals surface area contributed by atoms with Crippen molar-refractivity contribution in [3.05, 3.63) is 53.7 Å². The van der Waals surface area contributed by atoms with Crippen molar-refractivity contribution in [2.75, 3.05) is 0 Å². The molecule has 96 valence electrons. The third-order valence-electron chi connectivity index (χ3n) is 3.96. The van der Waals surface area contributed by atoms with Gasteiger partial charge in [-0.05, 0) is 30.5 Å². The number of rotatable bonds is 0. The minimum atomic E-state index is 0. The largest absolute Gasteiger partial charge is 1.00 e. The monoisotopic (exact) mass is 362 g/mol. The van der Waals surface area contributed by atoms with Crippen LogP contribution < -0.4 is 28.5 Å². The molecular weight excluding hydrogens is 347 g/mol. The Balaban J connectivity index is 0.00000110. The van der Waals surface area contributed by atoms with Crippen LogP contribution in [0.5, 0.6) is 0 Å². The third kappa shape index (κ3) is 1.79. The quantitative estimate of drug-likeness (QED) is 0.421. The second-order valence-corrected chi connectivity index (χ2v) is 5.02. The predicted octanol–water partition coefficient (Wildman–Crippen LogP) is -0.238. The van der Waals surface area contributed by atoms with E-state index in [-0.39, 0.29) is 24.0 Å². The van der Waals surface area contributed by atoms with Gasteiger partial charge >= 0.3 is 0 Å². The van der Waals surface area contributed by atoms with Crippen molar-refractivity contribution in [2.24, 2.45) is 7.05 Å². The number of H-pyrrole nitrogens is 1. The molecule has 0 fully saturated rings. The van der Waals surface area contributed by atoms with Gasteiger partial charge in [0, 0.05) is 22.5 Å². The highest BCUT2D eigenvalue weighted by atomic mass is 127. The Hall–Kier alpha value is -1.36. The molecule has 0 radical (unpaired) electrons. The molecule has 0 amide bonds. The summed E-state index contributed by atoms with van der Waals surface area (Å²) in [5, 5.41) is 1.38. The summed E-state index contributed by atoms with van der Waals surface area (Å²) >= 11 is 0. The first-order valence-corrected chi connectivity index (χ1v) is 6.42. The van der Waals surface area contributed by atoms with Crippen LogP contribution >= 0.6 is 0 Å². The average molecular weight is 362 g/mol. The summed E-state index contributed by atoms with van der Waals surface area (Å²) < 4.78 is 2.22. The fourth-order valence-electron chi connectivity index (χ4n) is 3.13. The smallest absolute Gasteiger partial charge is 0.232 e. The van der Waals surface area contributed by atoms with E-state index in [1.165, 1.54) is 33.4 Å². The van der Waals surface area contributed by atoms with Crippen molar-refractivity contribution >= 4 is 10.9 Å². The summed E-state index contributed by atoms with van der Waals surface area (Å²) in [5.41, 5.74) is 6.81. The summed E-state index contributed by atoms with van der Waals surface area (Å²) in [7, 11) is 2.12. The number of aromatic nitrogens is 2. The summed E-state index contributed by atoms with van der Waals surface area (Å²) in [6.45, 7) is 0. The second-order valence-electron chi connectivity index (χ2n) is 5.02. The molecule has 3 aromatic rings. The zero-order chi connectivity index (χ0) is 12.1. The Bertz CT molecular complexity index is 759. The molecular formula is C16H15IN2. The normalized spacial score (nSPS) is 12.7. The Morgan fingerprint density at radius 1 is 1.05 bits per heavy atom. The Labute approximate surface area is 129 Å². The minimum Gasteiger partial charge on any atom is -1.00 e. The lowest BCUT2D eigenvalue weighted by Crippen LogP contribution is -3.00. The number of benzene rings is 1. The maximum Gasteiger partial charge on any atom is 0.232 e. The number of nitrogens with one attached hydrogen (secondary N) is 1. The van der Waals surface area contributed by atoms with E-state index in [1.54, 1.807) is 0 Å². The van der Waals surface area contributed by atoms with E-state index in [0.29, 0.717) is 0 Å². The van der Waals surface area contributed by atoms with Gasteiger partial charge in [0.05, 0.1) is 0 Å². The van der Waals surface area contributed by atoms with Gasteiger partial charge in [-0.2, -0.15) is 4.57 Å². The molecule has 0 bridgehead atoms. The van der Waals surface area contributed by atoms with Gasteiger partial charge in [0.2, 0.25) is 5.69 Å². The zero-order valence-electron chi connectivity index (χ0n) is 10.8. The first kappa shape index (κ1) is 12.7. The van der Waals surface area contributed by atoms with Gasteiger partial charge in [0.1, 0.15) is 12.7 Å². The molecule has 1 N–H and O–H groups in total. The summed E-state index contributed by atoms with van der Waals surface area (Å²) in [6.07, 6.45) is 4.40. The molecule has 19 heavy (non-hydrogen) atoms. The van der Waals surface area contributed by atoms with Gasteiger partial charge in [0.25, 0.3) is 0 Å². The minimum absolute atomic E-state index is 0. The molecule has 0 saturated carbocycles. The van der Waals surface area contributed by atoms with Crippen LogP contribution in [0.2, 0.25) is 0 Å². The van der Waals surface area contributed by atoms with Gasteiger partial charge in [-0.15, -0.1) is 0 Å².